The Morgan fingerprint density at radius 1 is 1.07 bits per heavy atom. The quantitative estimate of drug-likeness (QED) is 0.653. The molecular formula is C19H21FN2O5S. The SMILES string of the molecule is Cc1ccc(C)c(S(=O)(=O)NCCC(=O)OCC(=O)Nc2ccc(F)cc2)c1. The molecule has 2 aromatic carbocycles. The van der Waals surface area contributed by atoms with Crippen LogP contribution in [-0.4, -0.2) is 33.4 Å². The Balaban J connectivity index is 1.77. The van der Waals surface area contributed by atoms with E-state index in [0.717, 1.165) is 5.56 Å². The highest BCUT2D eigenvalue weighted by atomic mass is 32.2. The van der Waals surface area contributed by atoms with E-state index in [2.05, 4.69) is 10.0 Å². The monoisotopic (exact) mass is 408 g/mol. The third-order valence-electron chi connectivity index (χ3n) is 3.75. The molecule has 0 heterocycles. The summed E-state index contributed by atoms with van der Waals surface area (Å²) in [5, 5.41) is 2.44. The number of esters is 1. The fourth-order valence-corrected chi connectivity index (χ4v) is 3.67. The maximum atomic E-state index is 12.8. The number of rotatable bonds is 8. The van der Waals surface area contributed by atoms with Crippen molar-refractivity contribution >= 4 is 27.6 Å². The molecule has 9 heteroatoms. The molecule has 0 radical (unpaired) electrons. The number of carbonyl (C=O) groups is 2. The van der Waals surface area contributed by atoms with E-state index in [9.17, 15) is 22.4 Å². The lowest BCUT2D eigenvalue weighted by atomic mass is 10.2. The van der Waals surface area contributed by atoms with Gasteiger partial charge < -0.3 is 10.1 Å². The number of hydrogen-bond donors (Lipinski definition) is 2. The summed E-state index contributed by atoms with van der Waals surface area (Å²) in [5.41, 5.74) is 1.76. The number of nitrogens with one attached hydrogen (secondary N) is 2. The van der Waals surface area contributed by atoms with Crippen molar-refractivity contribution in [3.63, 3.8) is 0 Å². The van der Waals surface area contributed by atoms with Gasteiger partial charge in [-0.25, -0.2) is 17.5 Å². The fraction of sp³-hybridized carbons (Fsp3) is 0.263. The summed E-state index contributed by atoms with van der Waals surface area (Å²) in [7, 11) is -3.75. The van der Waals surface area contributed by atoms with Crippen molar-refractivity contribution in [1.29, 1.82) is 0 Å². The van der Waals surface area contributed by atoms with Crippen LogP contribution in [-0.2, 0) is 24.3 Å². The molecule has 0 aliphatic carbocycles. The lowest BCUT2D eigenvalue weighted by Gasteiger charge is -2.10. The summed E-state index contributed by atoms with van der Waals surface area (Å²) in [5.74, 6) is -1.75. The van der Waals surface area contributed by atoms with Crippen molar-refractivity contribution in [3.8, 4) is 0 Å². The van der Waals surface area contributed by atoms with Crippen LogP contribution in [0.2, 0.25) is 0 Å². The zero-order valence-electron chi connectivity index (χ0n) is 15.5. The summed E-state index contributed by atoms with van der Waals surface area (Å²) in [6.45, 7) is 2.78. The summed E-state index contributed by atoms with van der Waals surface area (Å²) in [4.78, 5) is 23.5. The molecule has 2 N–H and O–H groups in total. The predicted octanol–water partition coefficient (Wildman–Crippen LogP) is 2.29. The Kier molecular flexibility index (Phi) is 7.24. The molecule has 0 saturated heterocycles. The smallest absolute Gasteiger partial charge is 0.307 e. The lowest BCUT2D eigenvalue weighted by molar-refractivity contribution is -0.147. The van der Waals surface area contributed by atoms with Gasteiger partial charge in [-0.2, -0.15) is 0 Å². The van der Waals surface area contributed by atoms with Crippen LogP contribution in [0.1, 0.15) is 17.5 Å². The van der Waals surface area contributed by atoms with E-state index in [4.69, 9.17) is 4.74 Å². The van der Waals surface area contributed by atoms with E-state index in [1.54, 1.807) is 26.0 Å². The first-order chi connectivity index (χ1) is 13.2. The summed E-state index contributed by atoms with van der Waals surface area (Å²) < 4.78 is 44.6. The Morgan fingerprint density at radius 2 is 1.75 bits per heavy atom. The number of aryl methyl sites for hydroxylation is 2. The summed E-state index contributed by atoms with van der Waals surface area (Å²) in [6.07, 6.45) is -0.228. The van der Waals surface area contributed by atoms with E-state index < -0.39 is 34.3 Å². The van der Waals surface area contributed by atoms with Crippen molar-refractivity contribution in [2.24, 2.45) is 0 Å². The van der Waals surface area contributed by atoms with Crippen LogP contribution < -0.4 is 10.0 Å². The second-order valence-corrected chi connectivity index (χ2v) is 7.87. The first-order valence-corrected chi connectivity index (χ1v) is 9.93. The summed E-state index contributed by atoms with van der Waals surface area (Å²) >= 11 is 0. The van der Waals surface area contributed by atoms with Gasteiger partial charge in [0.1, 0.15) is 5.82 Å². The van der Waals surface area contributed by atoms with E-state index in [-0.39, 0.29) is 17.9 Å². The van der Waals surface area contributed by atoms with Gasteiger partial charge >= 0.3 is 5.97 Å². The Bertz CT molecular complexity index is 959. The molecule has 7 nitrogen and oxygen atoms in total. The number of anilines is 1. The standard InChI is InChI=1S/C19H21FN2O5S/c1-13-3-4-14(2)17(11-13)28(25,26)21-10-9-19(24)27-12-18(23)22-16-7-5-15(20)6-8-16/h3-8,11,21H,9-10,12H2,1-2H3,(H,22,23). The average molecular weight is 408 g/mol. The van der Waals surface area contributed by atoms with E-state index in [0.29, 0.717) is 11.3 Å². The van der Waals surface area contributed by atoms with Crippen LogP contribution in [0.25, 0.3) is 0 Å². The molecule has 0 spiro atoms. The zero-order valence-corrected chi connectivity index (χ0v) is 16.3. The molecule has 0 aliphatic rings. The molecule has 2 aromatic rings. The van der Waals surface area contributed by atoms with Crippen LogP contribution in [0.4, 0.5) is 10.1 Å². The Hall–Kier alpha value is -2.78. The van der Waals surface area contributed by atoms with Gasteiger partial charge in [0.05, 0.1) is 11.3 Å². The highest BCUT2D eigenvalue weighted by Crippen LogP contribution is 2.16. The van der Waals surface area contributed by atoms with Crippen molar-refractivity contribution in [2.45, 2.75) is 25.2 Å². The van der Waals surface area contributed by atoms with Crippen molar-refractivity contribution in [3.05, 3.63) is 59.4 Å². The maximum Gasteiger partial charge on any atom is 0.307 e. The molecule has 0 aromatic heterocycles. The maximum absolute atomic E-state index is 12.8. The van der Waals surface area contributed by atoms with Crippen LogP contribution >= 0.6 is 0 Å². The second-order valence-electron chi connectivity index (χ2n) is 6.13. The van der Waals surface area contributed by atoms with Crippen LogP contribution in [0, 0.1) is 19.7 Å². The zero-order chi connectivity index (χ0) is 20.7. The molecule has 0 unspecified atom stereocenters. The minimum Gasteiger partial charge on any atom is -0.456 e. The van der Waals surface area contributed by atoms with Crippen molar-refractivity contribution in [1.82, 2.24) is 4.72 Å². The highest BCUT2D eigenvalue weighted by molar-refractivity contribution is 7.89. The molecule has 0 bridgehead atoms. The number of sulfonamides is 1. The average Bonchev–Trinajstić information content (AvgIpc) is 2.63. The third-order valence-corrected chi connectivity index (χ3v) is 5.35. The van der Waals surface area contributed by atoms with Crippen LogP contribution in [0.15, 0.2) is 47.4 Å². The van der Waals surface area contributed by atoms with Gasteiger partial charge in [-0.3, -0.25) is 9.59 Å². The second kappa shape index (κ2) is 9.43. The Morgan fingerprint density at radius 3 is 2.43 bits per heavy atom. The van der Waals surface area contributed by atoms with E-state index in [1.165, 1.54) is 24.3 Å². The largest absolute Gasteiger partial charge is 0.456 e. The first-order valence-electron chi connectivity index (χ1n) is 8.45. The van der Waals surface area contributed by atoms with Crippen LogP contribution in [0.5, 0.6) is 0 Å². The fourth-order valence-electron chi connectivity index (χ4n) is 2.31. The number of amides is 1. The molecule has 0 atom stereocenters. The number of ether oxygens (including phenoxy) is 1. The molecule has 150 valence electrons. The van der Waals surface area contributed by atoms with Gasteiger partial charge in [0, 0.05) is 12.2 Å². The first kappa shape index (κ1) is 21.5. The highest BCUT2D eigenvalue weighted by Gasteiger charge is 2.17. The third kappa shape index (κ3) is 6.43. The summed E-state index contributed by atoms with van der Waals surface area (Å²) in [6, 6.07) is 10.2. The number of halogens is 1. The number of carbonyl (C=O) groups excluding carboxylic acids is 2. The van der Waals surface area contributed by atoms with Gasteiger partial charge in [-0.05, 0) is 55.3 Å². The predicted molar refractivity (Wildman–Crippen MR) is 102 cm³/mol. The molecule has 0 saturated carbocycles. The molecule has 0 fully saturated rings. The van der Waals surface area contributed by atoms with Gasteiger partial charge in [0.2, 0.25) is 10.0 Å². The normalized spacial score (nSPS) is 11.1. The van der Waals surface area contributed by atoms with E-state index in [1.807, 2.05) is 6.07 Å². The Labute approximate surface area is 163 Å². The van der Waals surface area contributed by atoms with Gasteiger partial charge in [0.15, 0.2) is 6.61 Å². The van der Waals surface area contributed by atoms with Gasteiger partial charge in [-0.1, -0.05) is 12.1 Å². The minimum absolute atomic E-state index is 0.152. The van der Waals surface area contributed by atoms with Crippen LogP contribution in [0.3, 0.4) is 0 Å². The number of hydrogen-bond acceptors (Lipinski definition) is 5. The van der Waals surface area contributed by atoms with Crippen molar-refractivity contribution in [2.75, 3.05) is 18.5 Å². The topological polar surface area (TPSA) is 102 Å². The molecule has 28 heavy (non-hydrogen) atoms. The molecule has 2 rings (SSSR count). The van der Waals surface area contributed by atoms with Gasteiger partial charge in [-0.15, -0.1) is 0 Å². The number of benzene rings is 2. The molecule has 0 aliphatic heterocycles. The minimum atomic E-state index is -3.75. The lowest BCUT2D eigenvalue weighted by Crippen LogP contribution is -2.28. The van der Waals surface area contributed by atoms with E-state index >= 15 is 0 Å². The van der Waals surface area contributed by atoms with Gasteiger partial charge in [0.25, 0.3) is 5.91 Å². The molecule has 1 amide bonds. The molecular weight excluding hydrogens is 387 g/mol. The van der Waals surface area contributed by atoms with Crippen molar-refractivity contribution < 1.29 is 27.1 Å².